The first-order valence-electron chi connectivity index (χ1n) is 6.22. The zero-order chi connectivity index (χ0) is 12.8. The van der Waals surface area contributed by atoms with Gasteiger partial charge in [0.1, 0.15) is 0 Å². The van der Waals surface area contributed by atoms with Gasteiger partial charge in [0, 0.05) is 0 Å². The Morgan fingerprint density at radius 1 is 1.00 bits per heavy atom. The molecule has 0 spiro atoms. The van der Waals surface area contributed by atoms with Crippen molar-refractivity contribution >= 4 is 31.7 Å². The van der Waals surface area contributed by atoms with Crippen LogP contribution >= 0.6 is 14.1 Å². The van der Waals surface area contributed by atoms with E-state index in [-0.39, 0.29) is 0 Å². The van der Waals surface area contributed by atoms with Gasteiger partial charge in [0.05, 0.1) is 0 Å². The maximum atomic E-state index is 3.66. The molecule has 0 radical (unpaired) electrons. The van der Waals surface area contributed by atoms with E-state index in [4.69, 9.17) is 0 Å². The van der Waals surface area contributed by atoms with Crippen molar-refractivity contribution < 1.29 is 0 Å². The topological polar surface area (TPSA) is 0 Å². The number of aryl methyl sites for hydroxylation is 1. The Labute approximate surface area is 118 Å². The summed E-state index contributed by atoms with van der Waals surface area (Å²) < 4.78 is 1.50. The normalized spacial score (nSPS) is 21.1. The van der Waals surface area contributed by atoms with E-state index in [1.54, 1.807) is 11.1 Å². The van der Waals surface area contributed by atoms with E-state index >= 15 is 0 Å². The molecule has 0 fully saturated rings. The van der Waals surface area contributed by atoms with Crippen molar-refractivity contribution in [2.45, 2.75) is 58.3 Å². The second-order valence-electron chi connectivity index (χ2n) is 6.51. The van der Waals surface area contributed by atoms with Crippen LogP contribution in [-0.2, 0) is 10.8 Å². The van der Waals surface area contributed by atoms with Gasteiger partial charge in [0.2, 0.25) is 0 Å². The van der Waals surface area contributed by atoms with Crippen LogP contribution in [0.3, 0.4) is 0 Å². The molecule has 0 saturated heterocycles. The fraction of sp³-hybridized carbons (Fsp3) is 0.600. The summed E-state index contributed by atoms with van der Waals surface area (Å²) in [5, 5.41) is 0. The molecule has 0 nitrogen and oxygen atoms in total. The molecule has 0 aliphatic heterocycles. The first kappa shape index (κ1) is 13.6. The second kappa shape index (κ2) is 4.40. The molecule has 0 saturated carbocycles. The summed E-state index contributed by atoms with van der Waals surface area (Å²) in [6, 6.07) is 4.90. The van der Waals surface area contributed by atoms with Crippen molar-refractivity contribution in [3.8, 4) is 0 Å². The van der Waals surface area contributed by atoms with Crippen molar-refractivity contribution in [3.05, 3.63) is 28.8 Å². The van der Waals surface area contributed by atoms with Crippen LogP contribution in [-0.4, -0.2) is 13.1 Å². The van der Waals surface area contributed by atoms with Gasteiger partial charge in [-0.05, 0) is 0 Å². The Morgan fingerprint density at radius 3 is 1.94 bits per heavy atom. The van der Waals surface area contributed by atoms with Crippen LogP contribution in [0.5, 0.6) is 0 Å². The van der Waals surface area contributed by atoms with Gasteiger partial charge < -0.3 is 0 Å². The zero-order valence-corrected chi connectivity index (χ0v) is 14.7. The Bertz CT molecular complexity index is 446. The van der Waals surface area contributed by atoms with Gasteiger partial charge in [0.15, 0.2) is 0 Å². The summed E-state index contributed by atoms with van der Waals surface area (Å²) in [5.74, 6) is 0. The predicted octanol–water partition coefficient (Wildman–Crippen LogP) is 3.98. The molecule has 0 aromatic heterocycles. The molecule has 1 aliphatic rings. The van der Waals surface area contributed by atoms with Crippen LogP contribution < -0.4 is 4.46 Å². The Hall–Kier alpha value is 0.219. The van der Waals surface area contributed by atoms with E-state index in [0.717, 1.165) is 0 Å². The zero-order valence-electron chi connectivity index (χ0n) is 11.4. The molecule has 2 rings (SSSR count). The molecule has 0 amide bonds. The van der Waals surface area contributed by atoms with Crippen LogP contribution in [0, 0.1) is 6.92 Å². The molecular formula is C15H21BrSe. The van der Waals surface area contributed by atoms with Gasteiger partial charge in [-0.15, -0.1) is 0 Å². The summed E-state index contributed by atoms with van der Waals surface area (Å²) in [5.41, 5.74) is 5.28. The quantitative estimate of drug-likeness (QED) is 0.665. The fourth-order valence-electron chi connectivity index (χ4n) is 2.79. The number of fused-ring (bicyclic) bond motifs is 1. The van der Waals surface area contributed by atoms with Gasteiger partial charge >= 0.3 is 119 Å². The monoisotopic (exact) mass is 360 g/mol. The third kappa shape index (κ3) is 2.37. The molecule has 1 aliphatic carbocycles. The number of hydrogen-bond acceptors (Lipinski definition) is 0. The minimum absolute atomic E-state index is 0.339. The summed E-state index contributed by atoms with van der Waals surface area (Å²) in [6.45, 7) is 11.8. The van der Waals surface area contributed by atoms with E-state index in [1.807, 2.05) is 0 Å². The van der Waals surface area contributed by atoms with Crippen molar-refractivity contribution in [1.82, 2.24) is 0 Å². The average molecular weight is 360 g/mol. The molecule has 0 atom stereocenters. The maximum absolute atomic E-state index is 3.66. The molecule has 17 heavy (non-hydrogen) atoms. The van der Waals surface area contributed by atoms with Crippen molar-refractivity contribution in [2.75, 3.05) is 0 Å². The molecule has 0 N–H and O–H groups in total. The van der Waals surface area contributed by atoms with Crippen LogP contribution in [0.2, 0.25) is 0 Å². The van der Waals surface area contributed by atoms with Gasteiger partial charge in [-0.3, -0.25) is 0 Å². The molecule has 94 valence electrons. The van der Waals surface area contributed by atoms with Crippen LogP contribution in [0.25, 0.3) is 0 Å². The van der Waals surface area contributed by atoms with Crippen molar-refractivity contribution in [3.63, 3.8) is 0 Å². The summed E-state index contributed by atoms with van der Waals surface area (Å²) in [6.07, 6.45) is 2.59. The van der Waals surface area contributed by atoms with Crippen LogP contribution in [0.4, 0.5) is 0 Å². The fourth-order valence-corrected chi connectivity index (χ4v) is 5.32. The average Bonchev–Trinajstić information content (AvgIpc) is 2.24. The molecule has 1 aromatic rings. The van der Waals surface area contributed by atoms with E-state index in [1.165, 1.54) is 22.9 Å². The molecule has 0 heterocycles. The summed E-state index contributed by atoms with van der Waals surface area (Å²) in [4.78, 5) is 0. The van der Waals surface area contributed by atoms with E-state index in [2.05, 4.69) is 60.9 Å². The number of halogens is 1. The molecule has 1 aromatic carbocycles. The summed E-state index contributed by atoms with van der Waals surface area (Å²) >= 11 is 4.09. The van der Waals surface area contributed by atoms with Crippen LogP contribution in [0.1, 0.15) is 57.2 Å². The Balaban J connectivity index is 2.68. The molecule has 0 bridgehead atoms. The molecule has 2 heteroatoms. The standard InChI is InChI=1S/C15H21BrSe/c1-10-8-11-12(9-13(10)17-16)15(4,5)7-6-14(11,2)3/h8-9H,6-7H2,1-5H3. The number of hydrogen-bond donors (Lipinski definition) is 0. The van der Waals surface area contributed by atoms with E-state index in [0.29, 0.717) is 24.0 Å². The van der Waals surface area contributed by atoms with Gasteiger partial charge in [-0.1, -0.05) is 0 Å². The Morgan fingerprint density at radius 2 is 1.47 bits per heavy atom. The minimum atomic E-state index is 0.339. The third-order valence-corrected chi connectivity index (χ3v) is 7.32. The molecular weight excluding hydrogens is 339 g/mol. The summed E-state index contributed by atoms with van der Waals surface area (Å²) in [7, 11) is 0. The number of rotatable bonds is 1. The van der Waals surface area contributed by atoms with Gasteiger partial charge in [-0.2, -0.15) is 0 Å². The predicted molar refractivity (Wildman–Crippen MR) is 80.8 cm³/mol. The first-order valence-corrected chi connectivity index (χ1v) is 11.1. The molecule has 0 unspecified atom stereocenters. The Kier molecular flexibility index (Phi) is 3.53. The van der Waals surface area contributed by atoms with Crippen molar-refractivity contribution in [1.29, 1.82) is 0 Å². The van der Waals surface area contributed by atoms with Gasteiger partial charge in [0.25, 0.3) is 0 Å². The van der Waals surface area contributed by atoms with E-state index < -0.39 is 0 Å². The van der Waals surface area contributed by atoms with Crippen molar-refractivity contribution in [2.24, 2.45) is 0 Å². The second-order valence-corrected chi connectivity index (χ2v) is 9.44. The third-order valence-electron chi connectivity index (χ3n) is 4.23. The number of benzene rings is 1. The van der Waals surface area contributed by atoms with Gasteiger partial charge in [-0.25, -0.2) is 0 Å². The van der Waals surface area contributed by atoms with E-state index in [9.17, 15) is 0 Å². The van der Waals surface area contributed by atoms with Crippen LogP contribution in [0.15, 0.2) is 12.1 Å². The SMILES string of the molecule is Cc1cc2c(cc1[Se]Br)C(C)(C)CCC2(C)C. The first-order chi connectivity index (χ1) is 7.78.